The van der Waals surface area contributed by atoms with Crippen LogP contribution < -0.4 is 10.6 Å². The molecule has 0 aliphatic carbocycles. The van der Waals surface area contributed by atoms with Gasteiger partial charge in [0, 0.05) is 24.2 Å². The topological polar surface area (TPSA) is 63.2 Å². The molecule has 0 unspecified atom stereocenters. The van der Waals surface area contributed by atoms with Crippen molar-refractivity contribution in [1.29, 1.82) is 0 Å². The Labute approximate surface area is 123 Å². The van der Waals surface area contributed by atoms with Crippen molar-refractivity contribution in [2.75, 3.05) is 25.0 Å². The summed E-state index contributed by atoms with van der Waals surface area (Å²) < 4.78 is 5.64. The number of hydrogen-bond donors (Lipinski definition) is 2. The summed E-state index contributed by atoms with van der Waals surface area (Å²) >= 11 is 0. The zero-order valence-electron chi connectivity index (χ0n) is 12.3. The lowest BCUT2D eigenvalue weighted by Crippen LogP contribution is -2.59. The van der Waals surface area contributed by atoms with E-state index in [4.69, 9.17) is 4.74 Å². The molecular formula is C16H19N3O2. The minimum atomic E-state index is -0.217. The number of amides is 1. The number of anilines is 1. The van der Waals surface area contributed by atoms with Gasteiger partial charge in [0.25, 0.3) is 0 Å². The number of hydrogen-bond acceptors (Lipinski definition) is 4. The summed E-state index contributed by atoms with van der Waals surface area (Å²) in [6, 6.07) is 9.72. The molecule has 0 spiro atoms. The van der Waals surface area contributed by atoms with E-state index in [1.165, 1.54) is 0 Å². The van der Waals surface area contributed by atoms with Crippen LogP contribution in [0.4, 0.5) is 5.69 Å². The number of pyridine rings is 1. The van der Waals surface area contributed by atoms with Crippen LogP contribution in [0.3, 0.4) is 0 Å². The first-order chi connectivity index (χ1) is 10.1. The Morgan fingerprint density at radius 3 is 2.90 bits per heavy atom. The van der Waals surface area contributed by atoms with Crippen molar-refractivity contribution in [1.82, 2.24) is 10.3 Å². The van der Waals surface area contributed by atoms with Gasteiger partial charge in [-0.15, -0.1) is 0 Å². The summed E-state index contributed by atoms with van der Waals surface area (Å²) in [5.74, 6) is -0.154. The third-order valence-electron chi connectivity index (χ3n) is 3.68. The quantitative estimate of drug-likeness (QED) is 0.900. The average molecular weight is 285 g/mol. The third kappa shape index (κ3) is 3.04. The van der Waals surface area contributed by atoms with E-state index in [9.17, 15) is 4.79 Å². The van der Waals surface area contributed by atoms with Gasteiger partial charge in [0.1, 0.15) is 6.61 Å². The van der Waals surface area contributed by atoms with Gasteiger partial charge in [-0.3, -0.25) is 9.78 Å². The highest BCUT2D eigenvalue weighted by Gasteiger charge is 2.33. The smallest absolute Gasteiger partial charge is 0.250 e. The molecule has 2 heterocycles. The van der Waals surface area contributed by atoms with Crippen LogP contribution in [0.5, 0.6) is 0 Å². The van der Waals surface area contributed by atoms with Crippen molar-refractivity contribution in [3.8, 4) is 0 Å². The average Bonchev–Trinajstić information content (AvgIpc) is 2.44. The molecule has 1 fully saturated rings. The number of para-hydroxylation sites is 1. The number of nitrogens with one attached hydrogen (secondary N) is 2. The molecule has 0 bridgehead atoms. The van der Waals surface area contributed by atoms with Gasteiger partial charge in [-0.1, -0.05) is 18.2 Å². The maximum Gasteiger partial charge on any atom is 0.250 e. The Hall–Kier alpha value is -1.98. The molecule has 1 saturated heterocycles. The second-order valence-electron chi connectivity index (χ2n) is 5.72. The van der Waals surface area contributed by atoms with Gasteiger partial charge in [0.15, 0.2) is 0 Å². The Bertz CT molecular complexity index is 680. The standard InChI is InChI=1S/C16H19N3O2/c1-11-6-7-12-4-3-5-13(15(12)18-11)19-14(20)8-21-16(2)9-17-10-16/h3-7,17H,8-10H2,1-2H3,(H,19,20). The van der Waals surface area contributed by atoms with E-state index < -0.39 is 0 Å². The minimum Gasteiger partial charge on any atom is -0.363 e. The molecule has 110 valence electrons. The zero-order chi connectivity index (χ0) is 14.9. The van der Waals surface area contributed by atoms with E-state index in [2.05, 4.69) is 15.6 Å². The van der Waals surface area contributed by atoms with E-state index in [1.807, 2.05) is 44.2 Å². The predicted octanol–water partition coefficient (Wildman–Crippen LogP) is 1.86. The van der Waals surface area contributed by atoms with Crippen molar-refractivity contribution < 1.29 is 9.53 Å². The number of nitrogens with zero attached hydrogens (tertiary/aromatic N) is 1. The molecule has 0 saturated carbocycles. The van der Waals surface area contributed by atoms with Crippen molar-refractivity contribution in [2.24, 2.45) is 0 Å². The van der Waals surface area contributed by atoms with Gasteiger partial charge in [0.2, 0.25) is 5.91 Å². The summed E-state index contributed by atoms with van der Waals surface area (Å²) in [6.45, 7) is 5.57. The highest BCUT2D eigenvalue weighted by atomic mass is 16.5. The zero-order valence-corrected chi connectivity index (χ0v) is 12.3. The van der Waals surface area contributed by atoms with Gasteiger partial charge in [-0.2, -0.15) is 0 Å². The van der Waals surface area contributed by atoms with E-state index in [0.29, 0.717) is 0 Å². The molecule has 1 aromatic heterocycles. The SMILES string of the molecule is Cc1ccc2cccc(NC(=O)COC3(C)CNC3)c2n1. The Morgan fingerprint density at radius 2 is 2.19 bits per heavy atom. The van der Waals surface area contributed by atoms with Crippen LogP contribution in [-0.4, -0.2) is 36.2 Å². The Balaban J connectivity index is 1.72. The van der Waals surface area contributed by atoms with Gasteiger partial charge < -0.3 is 15.4 Å². The summed E-state index contributed by atoms with van der Waals surface area (Å²) in [6.07, 6.45) is 0. The Morgan fingerprint density at radius 1 is 1.38 bits per heavy atom. The number of aromatic nitrogens is 1. The Kier molecular flexibility index (Phi) is 3.61. The van der Waals surface area contributed by atoms with Gasteiger partial charge >= 0.3 is 0 Å². The van der Waals surface area contributed by atoms with Crippen LogP contribution in [0.2, 0.25) is 0 Å². The van der Waals surface area contributed by atoms with Crippen LogP contribution >= 0.6 is 0 Å². The molecule has 5 nitrogen and oxygen atoms in total. The lowest BCUT2D eigenvalue weighted by molar-refractivity contribution is -0.130. The summed E-state index contributed by atoms with van der Waals surface area (Å²) in [4.78, 5) is 16.5. The van der Waals surface area contributed by atoms with E-state index in [1.54, 1.807) is 0 Å². The highest BCUT2D eigenvalue weighted by molar-refractivity contribution is 6.00. The summed E-state index contributed by atoms with van der Waals surface area (Å²) in [5, 5.41) is 7.03. The second kappa shape index (κ2) is 5.42. The van der Waals surface area contributed by atoms with E-state index in [0.717, 1.165) is 35.4 Å². The predicted molar refractivity (Wildman–Crippen MR) is 82.3 cm³/mol. The summed E-state index contributed by atoms with van der Waals surface area (Å²) in [7, 11) is 0. The van der Waals surface area contributed by atoms with Crippen LogP contribution in [-0.2, 0) is 9.53 Å². The second-order valence-corrected chi connectivity index (χ2v) is 5.72. The number of ether oxygens (including phenoxy) is 1. The molecule has 2 N–H and O–H groups in total. The monoisotopic (exact) mass is 285 g/mol. The van der Waals surface area contributed by atoms with E-state index in [-0.39, 0.29) is 18.1 Å². The van der Waals surface area contributed by atoms with Crippen LogP contribution in [0, 0.1) is 6.92 Å². The highest BCUT2D eigenvalue weighted by Crippen LogP contribution is 2.22. The first kappa shape index (κ1) is 14.0. The molecule has 1 aromatic carbocycles. The number of rotatable bonds is 4. The molecule has 2 aromatic rings. The third-order valence-corrected chi connectivity index (χ3v) is 3.68. The molecule has 1 amide bonds. The normalized spacial score (nSPS) is 16.5. The number of benzene rings is 1. The van der Waals surface area contributed by atoms with Crippen molar-refractivity contribution in [2.45, 2.75) is 19.4 Å². The first-order valence-electron chi connectivity index (χ1n) is 7.07. The molecule has 1 aliphatic rings. The molecule has 0 atom stereocenters. The first-order valence-corrected chi connectivity index (χ1v) is 7.07. The molecule has 5 heteroatoms. The number of aryl methyl sites for hydroxylation is 1. The maximum absolute atomic E-state index is 12.0. The van der Waals surface area contributed by atoms with Gasteiger partial charge in [-0.25, -0.2) is 0 Å². The fourth-order valence-corrected chi connectivity index (χ4v) is 2.35. The number of carbonyl (C=O) groups excluding carboxylic acids is 1. The molecule has 0 radical (unpaired) electrons. The van der Waals surface area contributed by atoms with Crippen molar-refractivity contribution in [3.05, 3.63) is 36.0 Å². The molecular weight excluding hydrogens is 266 g/mol. The molecule has 21 heavy (non-hydrogen) atoms. The number of carbonyl (C=O) groups is 1. The minimum absolute atomic E-state index is 0.0559. The lowest BCUT2D eigenvalue weighted by Gasteiger charge is -2.38. The largest absolute Gasteiger partial charge is 0.363 e. The van der Waals surface area contributed by atoms with Gasteiger partial charge in [0.05, 0.1) is 16.8 Å². The van der Waals surface area contributed by atoms with Crippen LogP contribution in [0.15, 0.2) is 30.3 Å². The fourth-order valence-electron chi connectivity index (χ4n) is 2.35. The van der Waals surface area contributed by atoms with Crippen LogP contribution in [0.1, 0.15) is 12.6 Å². The number of fused-ring (bicyclic) bond motifs is 1. The summed E-state index contributed by atoms with van der Waals surface area (Å²) in [5.41, 5.74) is 2.24. The van der Waals surface area contributed by atoms with Crippen molar-refractivity contribution in [3.63, 3.8) is 0 Å². The molecule has 3 rings (SSSR count). The lowest BCUT2D eigenvalue weighted by atomic mass is 10.0. The fraction of sp³-hybridized carbons (Fsp3) is 0.375. The van der Waals surface area contributed by atoms with Crippen molar-refractivity contribution >= 4 is 22.5 Å². The molecule has 1 aliphatic heterocycles. The maximum atomic E-state index is 12.0. The van der Waals surface area contributed by atoms with E-state index >= 15 is 0 Å². The van der Waals surface area contributed by atoms with Crippen LogP contribution in [0.25, 0.3) is 10.9 Å². The van der Waals surface area contributed by atoms with Gasteiger partial charge in [-0.05, 0) is 26.0 Å².